The molecule has 140 valence electrons. The first-order chi connectivity index (χ1) is 12.3. The van der Waals surface area contributed by atoms with E-state index < -0.39 is 5.82 Å². The Bertz CT molecular complexity index is 802. The highest BCUT2D eigenvalue weighted by Gasteiger charge is 2.15. The van der Waals surface area contributed by atoms with Crippen LogP contribution in [-0.2, 0) is 4.79 Å². The van der Waals surface area contributed by atoms with E-state index in [-0.39, 0.29) is 23.5 Å². The van der Waals surface area contributed by atoms with Crippen LogP contribution >= 0.6 is 23.2 Å². The highest BCUT2D eigenvalue weighted by Crippen LogP contribution is 2.30. The maximum atomic E-state index is 13.6. The van der Waals surface area contributed by atoms with Crippen molar-refractivity contribution in [3.63, 3.8) is 0 Å². The van der Waals surface area contributed by atoms with Gasteiger partial charge in [0.1, 0.15) is 17.3 Å². The van der Waals surface area contributed by atoms with E-state index in [1.165, 1.54) is 19.2 Å². The molecule has 2 aromatic rings. The van der Waals surface area contributed by atoms with E-state index in [1.807, 2.05) is 0 Å². The molecule has 0 aliphatic rings. The van der Waals surface area contributed by atoms with Crippen molar-refractivity contribution in [2.75, 3.05) is 26.1 Å². The average Bonchev–Trinajstić information content (AvgIpc) is 2.63. The fraction of sp³-hybridized carbons (Fsp3) is 0.278. The van der Waals surface area contributed by atoms with Crippen LogP contribution in [0.1, 0.15) is 18.5 Å². The molecule has 8 heteroatoms. The lowest BCUT2D eigenvalue weighted by molar-refractivity contribution is -0.115. The van der Waals surface area contributed by atoms with Crippen molar-refractivity contribution in [2.45, 2.75) is 13.0 Å². The normalized spacial score (nSPS) is 11.8. The van der Waals surface area contributed by atoms with Crippen LogP contribution in [0.5, 0.6) is 11.5 Å². The second-order valence-electron chi connectivity index (χ2n) is 5.50. The second kappa shape index (κ2) is 9.07. The van der Waals surface area contributed by atoms with Gasteiger partial charge in [0.25, 0.3) is 0 Å². The van der Waals surface area contributed by atoms with E-state index in [0.29, 0.717) is 27.8 Å². The summed E-state index contributed by atoms with van der Waals surface area (Å²) in [5.41, 5.74) is 1.03. The van der Waals surface area contributed by atoms with Crippen molar-refractivity contribution < 1.29 is 18.7 Å². The number of nitrogens with one attached hydrogen (secondary N) is 2. The lowest BCUT2D eigenvalue weighted by Crippen LogP contribution is -2.30. The molecule has 5 nitrogen and oxygen atoms in total. The Morgan fingerprint density at radius 1 is 1.15 bits per heavy atom. The Balaban J connectivity index is 2.00. The number of carbonyl (C=O) groups is 1. The molecule has 0 saturated heterocycles. The summed E-state index contributed by atoms with van der Waals surface area (Å²) in [6.07, 6.45) is 0. The van der Waals surface area contributed by atoms with Crippen molar-refractivity contribution in [1.82, 2.24) is 5.32 Å². The minimum absolute atomic E-state index is 0.00305. The molecule has 1 atom stereocenters. The van der Waals surface area contributed by atoms with Crippen LogP contribution in [-0.4, -0.2) is 26.7 Å². The number of anilines is 1. The molecule has 1 amide bonds. The zero-order valence-corrected chi connectivity index (χ0v) is 16.0. The molecule has 2 rings (SSSR count). The molecule has 0 bridgehead atoms. The van der Waals surface area contributed by atoms with Gasteiger partial charge in [-0.05, 0) is 36.8 Å². The van der Waals surface area contributed by atoms with Crippen molar-refractivity contribution in [3.05, 3.63) is 51.8 Å². The summed E-state index contributed by atoms with van der Waals surface area (Å²) in [6.45, 7) is 1.77. The Morgan fingerprint density at radius 2 is 1.88 bits per heavy atom. The first-order valence-electron chi connectivity index (χ1n) is 7.75. The Morgan fingerprint density at radius 3 is 2.54 bits per heavy atom. The standard InChI is InChI=1S/C18H19Cl2FN2O3/c1-10(12-7-15(21)14(20)8-13(12)19)22-9-18(24)23-16-5-4-11(25-2)6-17(16)26-3/h4-8,10,22H,9H2,1-3H3,(H,23,24)/t10-/m1/s1. The second-order valence-corrected chi connectivity index (χ2v) is 6.32. The van der Waals surface area contributed by atoms with Gasteiger partial charge in [-0.15, -0.1) is 0 Å². The summed E-state index contributed by atoms with van der Waals surface area (Å²) >= 11 is 11.8. The summed E-state index contributed by atoms with van der Waals surface area (Å²) in [5, 5.41) is 6.02. The zero-order valence-electron chi connectivity index (χ0n) is 14.5. The van der Waals surface area contributed by atoms with E-state index >= 15 is 0 Å². The molecular weight excluding hydrogens is 382 g/mol. The molecule has 0 aliphatic carbocycles. The number of methoxy groups -OCH3 is 2. The van der Waals surface area contributed by atoms with Crippen molar-refractivity contribution in [2.24, 2.45) is 0 Å². The SMILES string of the molecule is COc1ccc(NC(=O)CN[C@H](C)c2cc(F)c(Cl)cc2Cl)c(OC)c1. The summed E-state index contributed by atoms with van der Waals surface area (Å²) in [7, 11) is 3.05. The minimum atomic E-state index is -0.563. The van der Waals surface area contributed by atoms with Gasteiger partial charge < -0.3 is 20.1 Å². The van der Waals surface area contributed by atoms with Gasteiger partial charge in [-0.2, -0.15) is 0 Å². The van der Waals surface area contributed by atoms with E-state index in [1.54, 1.807) is 32.2 Å². The molecule has 0 aromatic heterocycles. The number of carbonyl (C=O) groups excluding carboxylic acids is 1. The number of hydrogen-bond acceptors (Lipinski definition) is 4. The maximum absolute atomic E-state index is 13.6. The largest absolute Gasteiger partial charge is 0.497 e. The van der Waals surface area contributed by atoms with Crippen LogP contribution in [0.2, 0.25) is 10.0 Å². The topological polar surface area (TPSA) is 59.6 Å². The number of amides is 1. The van der Waals surface area contributed by atoms with Crippen molar-refractivity contribution >= 4 is 34.8 Å². The molecule has 0 heterocycles. The van der Waals surface area contributed by atoms with Gasteiger partial charge in [-0.25, -0.2) is 4.39 Å². The number of ether oxygens (including phenoxy) is 2. The van der Waals surface area contributed by atoms with Crippen molar-refractivity contribution in [1.29, 1.82) is 0 Å². The molecule has 2 aromatic carbocycles. The number of hydrogen-bond donors (Lipinski definition) is 2. The van der Waals surface area contributed by atoms with Gasteiger partial charge in [-0.3, -0.25) is 4.79 Å². The van der Waals surface area contributed by atoms with E-state index in [0.717, 1.165) is 0 Å². The third kappa shape index (κ3) is 5.00. The molecule has 0 saturated carbocycles. The van der Waals surface area contributed by atoms with Crippen LogP contribution < -0.4 is 20.1 Å². The van der Waals surface area contributed by atoms with E-state index in [4.69, 9.17) is 32.7 Å². The Kier molecular flexibility index (Phi) is 7.08. The quantitative estimate of drug-likeness (QED) is 0.674. The number of rotatable bonds is 7. The van der Waals surface area contributed by atoms with Crippen LogP contribution in [0.15, 0.2) is 30.3 Å². The van der Waals surface area contributed by atoms with Gasteiger partial charge in [0, 0.05) is 17.1 Å². The maximum Gasteiger partial charge on any atom is 0.238 e. The molecule has 0 spiro atoms. The van der Waals surface area contributed by atoms with Gasteiger partial charge in [0.05, 0.1) is 31.5 Å². The van der Waals surface area contributed by atoms with E-state index in [9.17, 15) is 9.18 Å². The molecule has 0 fully saturated rings. The summed E-state index contributed by atoms with van der Waals surface area (Å²) in [6, 6.07) is 7.32. The first kappa shape index (κ1) is 20.3. The predicted octanol–water partition coefficient (Wildman–Crippen LogP) is 4.44. The third-order valence-corrected chi connectivity index (χ3v) is 4.37. The van der Waals surface area contributed by atoms with Crippen LogP contribution in [0, 0.1) is 5.82 Å². The lowest BCUT2D eigenvalue weighted by Gasteiger charge is -2.17. The summed E-state index contributed by atoms with van der Waals surface area (Å²) < 4.78 is 24.0. The summed E-state index contributed by atoms with van der Waals surface area (Å²) in [5.74, 6) is 0.248. The molecule has 0 radical (unpaired) electrons. The predicted molar refractivity (Wildman–Crippen MR) is 101 cm³/mol. The Hall–Kier alpha value is -2.02. The van der Waals surface area contributed by atoms with Crippen LogP contribution in [0.4, 0.5) is 10.1 Å². The smallest absolute Gasteiger partial charge is 0.238 e. The minimum Gasteiger partial charge on any atom is -0.497 e. The van der Waals surface area contributed by atoms with E-state index in [2.05, 4.69) is 10.6 Å². The highest BCUT2D eigenvalue weighted by atomic mass is 35.5. The number of halogens is 3. The fourth-order valence-corrected chi connectivity index (χ4v) is 2.87. The molecule has 0 aliphatic heterocycles. The van der Waals surface area contributed by atoms with Crippen LogP contribution in [0.25, 0.3) is 0 Å². The molecule has 26 heavy (non-hydrogen) atoms. The zero-order chi connectivity index (χ0) is 19.3. The Labute approximate surface area is 161 Å². The van der Waals surface area contributed by atoms with Gasteiger partial charge in [0.15, 0.2) is 0 Å². The molecule has 0 unspecified atom stereocenters. The monoisotopic (exact) mass is 400 g/mol. The highest BCUT2D eigenvalue weighted by molar-refractivity contribution is 6.35. The van der Waals surface area contributed by atoms with Crippen molar-refractivity contribution in [3.8, 4) is 11.5 Å². The van der Waals surface area contributed by atoms with Gasteiger partial charge in [-0.1, -0.05) is 23.2 Å². The first-order valence-corrected chi connectivity index (χ1v) is 8.51. The van der Waals surface area contributed by atoms with Gasteiger partial charge in [0.2, 0.25) is 5.91 Å². The average molecular weight is 401 g/mol. The fourth-order valence-electron chi connectivity index (χ4n) is 2.32. The lowest BCUT2D eigenvalue weighted by atomic mass is 10.1. The molecular formula is C18H19Cl2FN2O3. The summed E-state index contributed by atoms with van der Waals surface area (Å²) in [4.78, 5) is 12.2. The van der Waals surface area contributed by atoms with Gasteiger partial charge >= 0.3 is 0 Å². The molecule has 2 N–H and O–H groups in total. The van der Waals surface area contributed by atoms with Crippen LogP contribution in [0.3, 0.4) is 0 Å². The third-order valence-electron chi connectivity index (χ3n) is 3.76. The number of benzene rings is 2.